The fourth-order valence-electron chi connectivity index (χ4n) is 2.51. The Morgan fingerprint density at radius 3 is 2.35 bits per heavy atom. The molecule has 17 heavy (non-hydrogen) atoms. The molecule has 0 bridgehead atoms. The Morgan fingerprint density at radius 2 is 1.88 bits per heavy atom. The van der Waals surface area contributed by atoms with E-state index in [9.17, 15) is 0 Å². The Morgan fingerprint density at radius 1 is 1.24 bits per heavy atom. The van der Waals surface area contributed by atoms with Gasteiger partial charge in [-0.15, -0.1) is 0 Å². The Bertz CT molecular complexity index is 330. The molecule has 0 aromatic heterocycles. The van der Waals surface area contributed by atoms with Gasteiger partial charge in [0.1, 0.15) is 0 Å². The van der Waals surface area contributed by atoms with Gasteiger partial charge in [-0.05, 0) is 24.3 Å². The minimum absolute atomic E-state index is 0.516. The second-order valence-corrected chi connectivity index (χ2v) is 5.44. The minimum atomic E-state index is 0.516. The van der Waals surface area contributed by atoms with E-state index in [2.05, 4.69) is 49.1 Å². The van der Waals surface area contributed by atoms with Crippen LogP contribution in [0.2, 0.25) is 0 Å². The van der Waals surface area contributed by atoms with Crippen molar-refractivity contribution in [2.24, 2.45) is 11.7 Å². The Kier molecular flexibility index (Phi) is 4.19. The topological polar surface area (TPSA) is 29.3 Å². The first-order valence-electron chi connectivity index (χ1n) is 6.72. The lowest BCUT2D eigenvalue weighted by Gasteiger charge is -2.34. The van der Waals surface area contributed by atoms with Gasteiger partial charge in [0.05, 0.1) is 0 Å². The molecule has 1 unspecified atom stereocenters. The molecule has 2 rings (SSSR count). The monoisotopic (exact) mass is 232 g/mol. The molecule has 0 aliphatic heterocycles. The smallest absolute Gasteiger partial charge is 0.0247 e. The Labute approximate surface area is 105 Å². The normalized spacial score (nSPS) is 17.7. The molecule has 2 N–H and O–H groups in total. The molecule has 1 atom stereocenters. The zero-order valence-corrected chi connectivity index (χ0v) is 11.0. The van der Waals surface area contributed by atoms with E-state index in [-0.39, 0.29) is 0 Å². The average molecular weight is 232 g/mol. The van der Waals surface area contributed by atoms with Crippen LogP contribution >= 0.6 is 0 Å². The summed E-state index contributed by atoms with van der Waals surface area (Å²) < 4.78 is 0. The molecule has 2 nitrogen and oxygen atoms in total. The van der Waals surface area contributed by atoms with E-state index in [0.29, 0.717) is 12.0 Å². The number of benzene rings is 1. The van der Waals surface area contributed by atoms with Gasteiger partial charge in [0.2, 0.25) is 0 Å². The molecule has 0 heterocycles. The van der Waals surface area contributed by atoms with Crippen molar-refractivity contribution in [3.8, 4) is 0 Å². The summed E-state index contributed by atoms with van der Waals surface area (Å²) in [5.41, 5.74) is 7.35. The molecule has 0 spiro atoms. The van der Waals surface area contributed by atoms with Crippen molar-refractivity contribution in [1.29, 1.82) is 0 Å². The van der Waals surface area contributed by atoms with Gasteiger partial charge in [-0.2, -0.15) is 0 Å². The Balaban J connectivity index is 2.07. The number of nitrogens with two attached hydrogens (primary N) is 1. The fraction of sp³-hybridized carbons (Fsp3) is 0.600. The van der Waals surface area contributed by atoms with E-state index in [1.54, 1.807) is 0 Å². The van der Waals surface area contributed by atoms with E-state index >= 15 is 0 Å². The summed E-state index contributed by atoms with van der Waals surface area (Å²) in [6, 6.07) is 12.0. The summed E-state index contributed by atoms with van der Waals surface area (Å²) >= 11 is 0. The quantitative estimate of drug-likeness (QED) is 0.817. The number of rotatable bonds is 6. The lowest BCUT2D eigenvalue weighted by Crippen LogP contribution is -2.44. The van der Waals surface area contributed by atoms with Crippen LogP contribution in [0.15, 0.2) is 30.3 Å². The third kappa shape index (κ3) is 3.30. The van der Waals surface area contributed by atoms with Gasteiger partial charge in [0, 0.05) is 25.2 Å². The molecule has 1 saturated carbocycles. The van der Waals surface area contributed by atoms with Gasteiger partial charge in [0.15, 0.2) is 0 Å². The standard InChI is InChI=1S/C15H24N2/c1-12(2)15(10-16)17(14-8-9-14)11-13-6-4-3-5-7-13/h3-7,12,14-15H,8-11,16H2,1-2H3. The second-order valence-electron chi connectivity index (χ2n) is 5.44. The van der Waals surface area contributed by atoms with Crippen LogP contribution < -0.4 is 5.73 Å². The van der Waals surface area contributed by atoms with Crippen LogP contribution in [0.5, 0.6) is 0 Å². The molecule has 0 saturated heterocycles. The molecule has 2 heteroatoms. The van der Waals surface area contributed by atoms with E-state index in [4.69, 9.17) is 5.73 Å². The van der Waals surface area contributed by atoms with Gasteiger partial charge in [-0.3, -0.25) is 4.90 Å². The molecular formula is C15H24N2. The van der Waals surface area contributed by atoms with Crippen LogP contribution in [-0.2, 0) is 6.54 Å². The van der Waals surface area contributed by atoms with Crippen LogP contribution in [0.25, 0.3) is 0 Å². The van der Waals surface area contributed by atoms with Crippen LogP contribution in [0.4, 0.5) is 0 Å². The molecular weight excluding hydrogens is 208 g/mol. The van der Waals surface area contributed by atoms with E-state index < -0.39 is 0 Å². The van der Waals surface area contributed by atoms with Gasteiger partial charge in [-0.1, -0.05) is 44.2 Å². The fourth-order valence-corrected chi connectivity index (χ4v) is 2.51. The SMILES string of the molecule is CC(C)C(CN)N(Cc1ccccc1)C1CC1. The van der Waals surface area contributed by atoms with Crippen molar-refractivity contribution in [2.45, 2.75) is 45.3 Å². The van der Waals surface area contributed by atoms with Gasteiger partial charge >= 0.3 is 0 Å². The minimum Gasteiger partial charge on any atom is -0.329 e. The van der Waals surface area contributed by atoms with Crippen molar-refractivity contribution in [3.63, 3.8) is 0 Å². The van der Waals surface area contributed by atoms with Crippen molar-refractivity contribution in [3.05, 3.63) is 35.9 Å². The van der Waals surface area contributed by atoms with Gasteiger partial charge < -0.3 is 5.73 Å². The first kappa shape index (κ1) is 12.6. The zero-order valence-electron chi connectivity index (χ0n) is 11.0. The van der Waals surface area contributed by atoms with Crippen molar-refractivity contribution in [1.82, 2.24) is 4.90 Å². The summed E-state index contributed by atoms with van der Waals surface area (Å²) in [6.07, 6.45) is 2.69. The molecule has 94 valence electrons. The third-order valence-electron chi connectivity index (χ3n) is 3.66. The van der Waals surface area contributed by atoms with Crippen molar-refractivity contribution >= 4 is 0 Å². The molecule has 1 aromatic carbocycles. The van der Waals surface area contributed by atoms with E-state index in [1.165, 1.54) is 18.4 Å². The van der Waals surface area contributed by atoms with Crippen LogP contribution in [0, 0.1) is 5.92 Å². The number of hydrogen-bond acceptors (Lipinski definition) is 2. The largest absolute Gasteiger partial charge is 0.329 e. The third-order valence-corrected chi connectivity index (χ3v) is 3.66. The molecule has 1 fully saturated rings. The highest BCUT2D eigenvalue weighted by Gasteiger charge is 2.34. The average Bonchev–Trinajstić information content (AvgIpc) is 3.13. The maximum Gasteiger partial charge on any atom is 0.0247 e. The predicted molar refractivity (Wildman–Crippen MR) is 72.7 cm³/mol. The number of hydrogen-bond donors (Lipinski definition) is 1. The van der Waals surface area contributed by atoms with E-state index in [0.717, 1.165) is 19.1 Å². The maximum absolute atomic E-state index is 5.95. The molecule has 0 radical (unpaired) electrons. The highest BCUT2D eigenvalue weighted by molar-refractivity contribution is 5.15. The zero-order chi connectivity index (χ0) is 12.3. The summed E-state index contributed by atoms with van der Waals surface area (Å²) in [7, 11) is 0. The summed E-state index contributed by atoms with van der Waals surface area (Å²) in [5.74, 6) is 0.629. The highest BCUT2D eigenvalue weighted by Crippen LogP contribution is 2.31. The lowest BCUT2D eigenvalue weighted by atomic mass is 10.0. The Hall–Kier alpha value is -0.860. The van der Waals surface area contributed by atoms with E-state index in [1.807, 2.05) is 0 Å². The first-order valence-corrected chi connectivity index (χ1v) is 6.72. The molecule has 0 amide bonds. The molecule has 1 aliphatic carbocycles. The van der Waals surface area contributed by atoms with Crippen LogP contribution in [0.3, 0.4) is 0 Å². The summed E-state index contributed by atoms with van der Waals surface area (Å²) in [6.45, 7) is 6.36. The first-order chi connectivity index (χ1) is 8.22. The molecule has 1 aliphatic rings. The summed E-state index contributed by atoms with van der Waals surface area (Å²) in [4.78, 5) is 2.61. The van der Waals surface area contributed by atoms with Crippen molar-refractivity contribution in [2.75, 3.05) is 6.54 Å². The highest BCUT2D eigenvalue weighted by atomic mass is 15.2. The van der Waals surface area contributed by atoms with Crippen LogP contribution in [-0.4, -0.2) is 23.5 Å². The summed E-state index contributed by atoms with van der Waals surface area (Å²) in [5, 5.41) is 0. The maximum atomic E-state index is 5.95. The second kappa shape index (κ2) is 5.65. The predicted octanol–water partition coefficient (Wildman–Crippen LogP) is 2.63. The van der Waals surface area contributed by atoms with Crippen LogP contribution in [0.1, 0.15) is 32.3 Å². The number of nitrogens with zero attached hydrogens (tertiary/aromatic N) is 1. The van der Waals surface area contributed by atoms with Gasteiger partial charge in [-0.25, -0.2) is 0 Å². The van der Waals surface area contributed by atoms with Gasteiger partial charge in [0.25, 0.3) is 0 Å². The van der Waals surface area contributed by atoms with Crippen molar-refractivity contribution < 1.29 is 0 Å². The lowest BCUT2D eigenvalue weighted by molar-refractivity contribution is 0.142. The molecule has 1 aromatic rings.